The number of rotatable bonds is 5. The van der Waals surface area contributed by atoms with E-state index >= 15 is 0 Å². The second kappa shape index (κ2) is 11.5. The molecule has 1 fully saturated rings. The van der Waals surface area contributed by atoms with Gasteiger partial charge in [-0.2, -0.15) is 0 Å². The maximum atomic E-state index is 12.4. The van der Waals surface area contributed by atoms with Gasteiger partial charge in [0.25, 0.3) is 10.0 Å². The van der Waals surface area contributed by atoms with Crippen molar-refractivity contribution in [1.82, 2.24) is 20.1 Å². The molecule has 13 heteroatoms. The molecule has 1 aromatic heterocycles. The van der Waals surface area contributed by atoms with Gasteiger partial charge in [0.2, 0.25) is 5.91 Å². The molecule has 2 aromatic rings. The summed E-state index contributed by atoms with van der Waals surface area (Å²) in [7, 11) is -0.457. The zero-order valence-corrected chi connectivity index (χ0v) is 20.4. The molecule has 2 heterocycles. The van der Waals surface area contributed by atoms with Gasteiger partial charge < -0.3 is 20.2 Å². The van der Waals surface area contributed by atoms with Gasteiger partial charge >= 0.3 is 6.09 Å². The smallest absolute Gasteiger partial charge is 0.407 e. The first-order valence-electron chi connectivity index (χ1n) is 9.62. The number of hydrogen-bond donors (Lipinski definition) is 3. The zero-order valence-electron chi connectivity index (χ0n) is 18.0. The summed E-state index contributed by atoms with van der Waals surface area (Å²) in [6.07, 6.45) is 0.869. The molecule has 32 heavy (non-hydrogen) atoms. The van der Waals surface area contributed by atoms with E-state index in [-0.39, 0.29) is 22.4 Å². The summed E-state index contributed by atoms with van der Waals surface area (Å²) < 4.78 is 27.3. The lowest BCUT2D eigenvalue weighted by molar-refractivity contribution is -0.127. The van der Waals surface area contributed by atoms with Crippen LogP contribution in [0.4, 0.5) is 9.93 Å². The van der Waals surface area contributed by atoms with E-state index in [1.165, 1.54) is 22.1 Å². The van der Waals surface area contributed by atoms with Crippen molar-refractivity contribution in [2.75, 3.05) is 45.0 Å². The minimum atomic E-state index is -3.78. The van der Waals surface area contributed by atoms with Gasteiger partial charge in [0.1, 0.15) is 0 Å². The summed E-state index contributed by atoms with van der Waals surface area (Å²) in [5, 5.41) is 12.1. The first kappa shape index (κ1) is 25.8. The van der Waals surface area contributed by atoms with Gasteiger partial charge in [-0.15, -0.1) is 11.3 Å². The van der Waals surface area contributed by atoms with Crippen molar-refractivity contribution in [1.29, 1.82) is 0 Å². The molecule has 3 N–H and O–H groups in total. The van der Waals surface area contributed by atoms with E-state index in [1.54, 1.807) is 33.2 Å². The third-order valence-corrected chi connectivity index (χ3v) is 7.43. The Balaban J connectivity index is 0.000000336. The highest BCUT2D eigenvalue weighted by Gasteiger charge is 2.20. The van der Waals surface area contributed by atoms with Crippen molar-refractivity contribution in [3.05, 3.63) is 39.9 Å². The van der Waals surface area contributed by atoms with Crippen LogP contribution >= 0.6 is 22.9 Å². The van der Waals surface area contributed by atoms with Gasteiger partial charge in [0.15, 0.2) is 5.13 Å². The Bertz CT molecular complexity index is 1050. The van der Waals surface area contributed by atoms with Crippen molar-refractivity contribution in [3.63, 3.8) is 0 Å². The van der Waals surface area contributed by atoms with Gasteiger partial charge in [-0.25, -0.2) is 18.2 Å². The summed E-state index contributed by atoms with van der Waals surface area (Å²) in [6, 6.07) is 4.69. The van der Waals surface area contributed by atoms with E-state index in [2.05, 4.69) is 15.0 Å². The number of nitrogens with zero attached hydrogens (tertiary/aromatic N) is 3. The van der Waals surface area contributed by atoms with E-state index in [0.29, 0.717) is 28.6 Å². The van der Waals surface area contributed by atoms with Crippen LogP contribution in [0.1, 0.15) is 10.4 Å². The number of carboxylic acid groups (broad SMARTS) is 1. The molecule has 3 rings (SSSR count). The van der Waals surface area contributed by atoms with Crippen molar-refractivity contribution in [3.8, 4) is 0 Å². The van der Waals surface area contributed by atoms with Crippen LogP contribution in [0.3, 0.4) is 0 Å². The number of halogens is 1. The lowest BCUT2D eigenvalue weighted by Crippen LogP contribution is -2.45. The number of nitrogens with one attached hydrogen (secondary N) is 2. The van der Waals surface area contributed by atoms with E-state index in [4.69, 9.17) is 16.7 Å². The maximum absolute atomic E-state index is 12.4. The maximum Gasteiger partial charge on any atom is 0.407 e. The monoisotopic (exact) mass is 503 g/mol. The summed E-state index contributed by atoms with van der Waals surface area (Å²) in [5.74, 6) is -0.0752. The fraction of sp³-hybridized carbons (Fsp3) is 0.421. The number of piperazine rings is 1. The first-order chi connectivity index (χ1) is 15.0. The van der Waals surface area contributed by atoms with E-state index in [0.717, 1.165) is 24.4 Å². The molecule has 0 unspecified atom stereocenters. The molecule has 0 aliphatic carbocycles. The summed E-state index contributed by atoms with van der Waals surface area (Å²) in [6.45, 7) is 4.45. The van der Waals surface area contributed by atoms with Gasteiger partial charge in [0.05, 0.1) is 11.3 Å². The largest absolute Gasteiger partial charge is 0.465 e. The third kappa shape index (κ3) is 7.33. The van der Waals surface area contributed by atoms with Crippen molar-refractivity contribution in [2.45, 2.75) is 18.2 Å². The van der Waals surface area contributed by atoms with E-state index in [9.17, 15) is 18.0 Å². The molecule has 10 nitrogen and oxygen atoms in total. The molecule has 0 bridgehead atoms. The molecule has 1 aliphatic heterocycles. The summed E-state index contributed by atoms with van der Waals surface area (Å²) in [4.78, 5) is 29.6. The second-order valence-corrected chi connectivity index (χ2v) is 10.3. The van der Waals surface area contributed by atoms with Crippen LogP contribution in [0, 0.1) is 6.92 Å². The molecule has 0 radical (unpaired) electrons. The second-order valence-electron chi connectivity index (χ2n) is 7.08. The highest BCUT2D eigenvalue weighted by Crippen LogP contribution is 2.26. The van der Waals surface area contributed by atoms with Crippen LogP contribution in [0.25, 0.3) is 0 Å². The number of amides is 2. The molecule has 0 atom stereocenters. The highest BCUT2D eigenvalue weighted by molar-refractivity contribution is 7.93. The van der Waals surface area contributed by atoms with Crippen molar-refractivity contribution in [2.24, 2.45) is 0 Å². The Morgan fingerprint density at radius 2 is 1.97 bits per heavy atom. The molecular weight excluding hydrogens is 478 g/mol. The average Bonchev–Trinajstić information content (AvgIpc) is 3.16. The third-order valence-electron chi connectivity index (χ3n) is 4.49. The fourth-order valence-corrected chi connectivity index (χ4v) is 5.19. The van der Waals surface area contributed by atoms with Gasteiger partial charge in [-0.1, -0.05) is 17.7 Å². The Morgan fingerprint density at radius 3 is 2.53 bits per heavy atom. The first-order valence-corrected chi connectivity index (χ1v) is 12.3. The van der Waals surface area contributed by atoms with Crippen LogP contribution in [-0.2, 0) is 21.2 Å². The van der Waals surface area contributed by atoms with Gasteiger partial charge in [0, 0.05) is 56.4 Å². The predicted octanol–water partition coefficient (Wildman–Crippen LogP) is 2.11. The minimum Gasteiger partial charge on any atom is -0.465 e. The number of likely N-dealkylation sites (N-methyl/N-ethyl adjacent to an activating group) is 1. The molecule has 1 aromatic carbocycles. The van der Waals surface area contributed by atoms with Crippen LogP contribution in [0.15, 0.2) is 29.3 Å². The summed E-state index contributed by atoms with van der Waals surface area (Å²) >= 11 is 7.09. The number of hydrogen-bond acceptors (Lipinski definition) is 7. The number of anilines is 1. The number of carbonyl (C=O) groups is 2. The lowest BCUT2D eigenvalue weighted by atomic mass is 10.2. The molecule has 176 valence electrons. The Morgan fingerprint density at radius 1 is 1.31 bits per heavy atom. The van der Waals surface area contributed by atoms with Crippen molar-refractivity contribution < 1.29 is 23.1 Å². The van der Waals surface area contributed by atoms with Crippen LogP contribution in [-0.4, -0.2) is 80.6 Å². The van der Waals surface area contributed by atoms with Crippen molar-refractivity contribution >= 4 is 50.1 Å². The average molecular weight is 504 g/mol. The lowest BCUT2D eigenvalue weighted by Gasteiger charge is -2.23. The topological polar surface area (TPSA) is 132 Å². The van der Waals surface area contributed by atoms with Crippen LogP contribution in [0.5, 0.6) is 0 Å². The zero-order chi connectivity index (χ0) is 23.9. The number of benzene rings is 1. The Kier molecular flexibility index (Phi) is 9.25. The Labute approximate surface area is 196 Å². The highest BCUT2D eigenvalue weighted by atomic mass is 35.5. The van der Waals surface area contributed by atoms with E-state index < -0.39 is 16.1 Å². The molecule has 1 aliphatic rings. The number of thiazole rings is 1. The quantitative estimate of drug-likeness (QED) is 0.569. The predicted molar refractivity (Wildman–Crippen MR) is 124 cm³/mol. The molecular formula is C19H26ClN5O5S2. The molecule has 0 saturated carbocycles. The molecule has 2 amide bonds. The molecule has 0 spiro atoms. The van der Waals surface area contributed by atoms with Gasteiger partial charge in [-0.05, 0) is 24.6 Å². The summed E-state index contributed by atoms with van der Waals surface area (Å²) in [5.41, 5.74) is 0.473. The van der Waals surface area contributed by atoms with Crippen LogP contribution < -0.4 is 10.0 Å². The fourth-order valence-electron chi connectivity index (χ4n) is 2.65. The number of aromatic nitrogens is 1. The normalized spacial score (nSPS) is 13.7. The van der Waals surface area contributed by atoms with E-state index in [1.807, 2.05) is 0 Å². The SMILES string of the molecule is Cc1c(Cl)cccc1S(=O)(=O)Nc1ncc(CC(=O)N(C)C)s1.O=C(O)N1CCNCC1. The molecule has 1 saturated heterocycles. The van der Waals surface area contributed by atoms with Gasteiger partial charge in [-0.3, -0.25) is 9.52 Å². The number of sulfonamides is 1. The van der Waals surface area contributed by atoms with Crippen LogP contribution in [0.2, 0.25) is 5.02 Å². The number of carbonyl (C=O) groups excluding carboxylic acids is 1. The Hall–Kier alpha value is -2.41. The standard InChI is InChI=1S/C14H16ClN3O3S2.C5H10N2O2/c1-9-11(15)5-4-6-12(9)23(20,21)17-14-16-8-10(22-14)7-13(19)18(2)3;8-5(9)7-3-1-6-2-4-7/h4-6,8H,7H2,1-3H3,(H,16,17);6H,1-4H2,(H,8,9). The minimum absolute atomic E-state index is 0.0752.